The van der Waals surface area contributed by atoms with Gasteiger partial charge in [0.25, 0.3) is 0 Å². The van der Waals surface area contributed by atoms with Gasteiger partial charge in [0.2, 0.25) is 0 Å². The molecule has 0 radical (unpaired) electrons. The maximum atomic E-state index is 4.35. The average Bonchev–Trinajstić information content (AvgIpc) is 2.27. The molecule has 80 valence electrons. The van der Waals surface area contributed by atoms with Gasteiger partial charge in [0.1, 0.15) is 0 Å². The summed E-state index contributed by atoms with van der Waals surface area (Å²) in [5.74, 6) is 1.71. The van der Waals surface area contributed by atoms with Crippen LogP contribution in [0.5, 0.6) is 0 Å². The van der Waals surface area contributed by atoms with E-state index in [1.807, 2.05) is 7.05 Å². The van der Waals surface area contributed by atoms with Gasteiger partial charge in [-0.05, 0) is 57.4 Å². The third-order valence-corrected chi connectivity index (χ3v) is 4.08. The molecule has 3 unspecified atom stereocenters. The highest BCUT2D eigenvalue weighted by Crippen LogP contribution is 2.34. The molecule has 14 heavy (non-hydrogen) atoms. The lowest BCUT2D eigenvalue weighted by Crippen LogP contribution is -2.45. The SMILES string of the molecule is CN=C(C)C1CCC2NCCCC2C1. The number of fused-ring (bicyclic) bond motifs is 1. The van der Waals surface area contributed by atoms with Crippen LogP contribution in [0.2, 0.25) is 0 Å². The standard InChI is InChI=1S/C12H22N2/c1-9(13-2)10-5-6-12-11(8-10)4-3-7-14-12/h10-12,14H,3-8H2,1-2H3. The molecule has 2 fully saturated rings. The molecule has 1 saturated carbocycles. The molecule has 3 atom stereocenters. The second-order valence-corrected chi connectivity index (χ2v) is 4.84. The molecule has 0 amide bonds. The predicted octanol–water partition coefficient (Wildman–Crippen LogP) is 2.25. The summed E-state index contributed by atoms with van der Waals surface area (Å²) in [6, 6.07) is 0.824. The number of hydrogen-bond acceptors (Lipinski definition) is 2. The Kier molecular flexibility index (Phi) is 3.22. The molecular formula is C12H22N2. The van der Waals surface area contributed by atoms with Crippen LogP contribution in [0.15, 0.2) is 4.99 Å². The highest BCUT2D eigenvalue weighted by Gasteiger charge is 2.32. The van der Waals surface area contributed by atoms with E-state index < -0.39 is 0 Å². The highest BCUT2D eigenvalue weighted by atomic mass is 14.9. The van der Waals surface area contributed by atoms with Crippen molar-refractivity contribution in [3.05, 3.63) is 0 Å². The third kappa shape index (κ3) is 2.00. The summed E-state index contributed by atoms with van der Waals surface area (Å²) >= 11 is 0. The van der Waals surface area contributed by atoms with Crippen LogP contribution in [0, 0.1) is 11.8 Å². The van der Waals surface area contributed by atoms with Gasteiger partial charge in [-0.15, -0.1) is 0 Å². The molecule has 2 rings (SSSR count). The van der Waals surface area contributed by atoms with Gasteiger partial charge in [-0.3, -0.25) is 4.99 Å². The molecule has 2 aliphatic rings. The van der Waals surface area contributed by atoms with Gasteiger partial charge in [0, 0.05) is 18.8 Å². The maximum absolute atomic E-state index is 4.35. The van der Waals surface area contributed by atoms with Crippen LogP contribution < -0.4 is 5.32 Å². The van der Waals surface area contributed by atoms with E-state index in [0.717, 1.165) is 17.9 Å². The lowest BCUT2D eigenvalue weighted by molar-refractivity contribution is 0.191. The first kappa shape index (κ1) is 10.2. The van der Waals surface area contributed by atoms with Crippen LogP contribution in [0.3, 0.4) is 0 Å². The lowest BCUT2D eigenvalue weighted by atomic mass is 9.73. The summed E-state index contributed by atoms with van der Waals surface area (Å²) in [5, 5.41) is 3.66. The Morgan fingerprint density at radius 2 is 2.14 bits per heavy atom. The van der Waals surface area contributed by atoms with Crippen LogP contribution in [0.25, 0.3) is 0 Å². The second kappa shape index (κ2) is 4.43. The number of aliphatic imine (C=N–C) groups is 1. The molecule has 0 bridgehead atoms. The van der Waals surface area contributed by atoms with Gasteiger partial charge < -0.3 is 5.32 Å². The van der Waals surface area contributed by atoms with Crippen LogP contribution in [-0.2, 0) is 0 Å². The first-order chi connectivity index (χ1) is 6.81. The van der Waals surface area contributed by atoms with Gasteiger partial charge in [-0.25, -0.2) is 0 Å². The molecule has 1 heterocycles. The summed E-state index contributed by atoms with van der Waals surface area (Å²) in [6.07, 6.45) is 6.89. The fourth-order valence-electron chi connectivity index (χ4n) is 3.07. The van der Waals surface area contributed by atoms with Crippen molar-refractivity contribution in [1.82, 2.24) is 5.32 Å². The van der Waals surface area contributed by atoms with E-state index in [1.54, 1.807) is 0 Å². The minimum absolute atomic E-state index is 0.779. The van der Waals surface area contributed by atoms with Gasteiger partial charge in [-0.2, -0.15) is 0 Å². The van der Waals surface area contributed by atoms with E-state index in [2.05, 4.69) is 17.2 Å². The normalized spacial score (nSPS) is 39.3. The first-order valence-electron chi connectivity index (χ1n) is 5.98. The first-order valence-corrected chi connectivity index (χ1v) is 5.98. The highest BCUT2D eigenvalue weighted by molar-refractivity contribution is 5.84. The van der Waals surface area contributed by atoms with Crippen molar-refractivity contribution in [1.29, 1.82) is 0 Å². The Bertz CT molecular complexity index is 222. The number of piperidine rings is 1. The van der Waals surface area contributed by atoms with E-state index >= 15 is 0 Å². The van der Waals surface area contributed by atoms with E-state index in [9.17, 15) is 0 Å². The minimum atomic E-state index is 0.779. The number of hydrogen-bond donors (Lipinski definition) is 1. The predicted molar refractivity (Wildman–Crippen MR) is 60.9 cm³/mol. The summed E-state index contributed by atoms with van der Waals surface area (Å²) in [5.41, 5.74) is 1.37. The summed E-state index contributed by atoms with van der Waals surface area (Å²) in [7, 11) is 1.93. The quantitative estimate of drug-likeness (QED) is 0.636. The molecule has 1 aliphatic heterocycles. The Labute approximate surface area is 87.2 Å². The van der Waals surface area contributed by atoms with Crippen molar-refractivity contribution in [2.24, 2.45) is 16.8 Å². The maximum Gasteiger partial charge on any atom is 0.0276 e. The van der Waals surface area contributed by atoms with Gasteiger partial charge in [0.15, 0.2) is 0 Å². The van der Waals surface area contributed by atoms with Crippen LogP contribution >= 0.6 is 0 Å². The van der Waals surface area contributed by atoms with Gasteiger partial charge in [-0.1, -0.05) is 0 Å². The zero-order valence-corrected chi connectivity index (χ0v) is 9.42. The molecule has 0 aromatic carbocycles. The van der Waals surface area contributed by atoms with Crippen molar-refractivity contribution < 1.29 is 0 Å². The average molecular weight is 194 g/mol. The number of nitrogens with one attached hydrogen (secondary N) is 1. The largest absolute Gasteiger partial charge is 0.314 e. The molecule has 1 aliphatic carbocycles. The molecule has 0 aromatic heterocycles. The molecule has 2 heteroatoms. The van der Waals surface area contributed by atoms with E-state index in [1.165, 1.54) is 44.4 Å². The third-order valence-electron chi connectivity index (χ3n) is 4.08. The smallest absolute Gasteiger partial charge is 0.0276 e. The topological polar surface area (TPSA) is 24.4 Å². The van der Waals surface area contributed by atoms with E-state index in [-0.39, 0.29) is 0 Å². The number of rotatable bonds is 1. The Hall–Kier alpha value is -0.370. The van der Waals surface area contributed by atoms with Gasteiger partial charge >= 0.3 is 0 Å². The van der Waals surface area contributed by atoms with E-state index in [4.69, 9.17) is 0 Å². The molecule has 1 N–H and O–H groups in total. The molecule has 0 spiro atoms. The number of nitrogens with zero attached hydrogens (tertiary/aromatic N) is 1. The van der Waals surface area contributed by atoms with Gasteiger partial charge in [0.05, 0.1) is 0 Å². The molecule has 0 aromatic rings. The molecule has 2 nitrogen and oxygen atoms in total. The summed E-state index contributed by atoms with van der Waals surface area (Å²) in [4.78, 5) is 4.35. The van der Waals surface area contributed by atoms with Crippen molar-refractivity contribution >= 4 is 5.71 Å². The lowest BCUT2D eigenvalue weighted by Gasteiger charge is -2.40. The molecule has 1 saturated heterocycles. The zero-order chi connectivity index (χ0) is 9.97. The monoisotopic (exact) mass is 194 g/mol. The van der Waals surface area contributed by atoms with E-state index in [0.29, 0.717) is 0 Å². The fraction of sp³-hybridized carbons (Fsp3) is 0.917. The molecular weight excluding hydrogens is 172 g/mol. The Morgan fingerprint density at radius 3 is 2.93 bits per heavy atom. The fourth-order valence-corrected chi connectivity index (χ4v) is 3.07. The summed E-state index contributed by atoms with van der Waals surface area (Å²) in [6.45, 7) is 3.44. The van der Waals surface area contributed by atoms with Crippen molar-refractivity contribution in [2.75, 3.05) is 13.6 Å². The van der Waals surface area contributed by atoms with Crippen LogP contribution in [0.1, 0.15) is 39.0 Å². The Balaban J connectivity index is 1.95. The van der Waals surface area contributed by atoms with Crippen molar-refractivity contribution in [2.45, 2.75) is 45.1 Å². The van der Waals surface area contributed by atoms with Crippen LogP contribution in [-0.4, -0.2) is 25.3 Å². The zero-order valence-electron chi connectivity index (χ0n) is 9.42. The summed E-state index contributed by atoms with van der Waals surface area (Å²) < 4.78 is 0. The van der Waals surface area contributed by atoms with Crippen molar-refractivity contribution in [3.63, 3.8) is 0 Å². The van der Waals surface area contributed by atoms with Crippen molar-refractivity contribution in [3.8, 4) is 0 Å². The van der Waals surface area contributed by atoms with Crippen LogP contribution in [0.4, 0.5) is 0 Å². The minimum Gasteiger partial charge on any atom is -0.314 e. The Morgan fingerprint density at radius 1 is 1.29 bits per heavy atom. The second-order valence-electron chi connectivity index (χ2n) is 4.84.